The van der Waals surface area contributed by atoms with Crippen molar-refractivity contribution in [3.8, 4) is 0 Å². The van der Waals surface area contributed by atoms with E-state index < -0.39 is 23.3 Å². The van der Waals surface area contributed by atoms with Gasteiger partial charge in [-0.15, -0.1) is 0 Å². The third-order valence-corrected chi connectivity index (χ3v) is 2.82. The fourth-order valence-electron chi connectivity index (χ4n) is 2.14. The van der Waals surface area contributed by atoms with E-state index in [4.69, 9.17) is 10.8 Å². The van der Waals surface area contributed by atoms with Crippen LogP contribution < -0.4 is 11.1 Å². The van der Waals surface area contributed by atoms with Crippen molar-refractivity contribution >= 4 is 17.6 Å². The maximum atomic E-state index is 13.5. The Morgan fingerprint density at radius 2 is 2.00 bits per heavy atom. The first kappa shape index (κ1) is 17.1. The lowest BCUT2D eigenvalue weighted by Crippen LogP contribution is -2.31. The van der Waals surface area contributed by atoms with Crippen LogP contribution in [-0.4, -0.2) is 23.0 Å². The molecule has 0 bridgehead atoms. The topological polar surface area (TPSA) is 92.4 Å². The summed E-state index contributed by atoms with van der Waals surface area (Å²) in [5, 5.41) is 11.4. The summed E-state index contributed by atoms with van der Waals surface area (Å²) >= 11 is 0. The highest BCUT2D eigenvalue weighted by Crippen LogP contribution is 2.22. The molecule has 0 saturated heterocycles. The van der Waals surface area contributed by atoms with E-state index in [0.717, 1.165) is 6.07 Å². The number of halogens is 1. The molecule has 0 spiro atoms. The van der Waals surface area contributed by atoms with Gasteiger partial charge in [-0.1, -0.05) is 26.8 Å². The number of hydrogen-bond donors (Lipinski definition) is 3. The van der Waals surface area contributed by atoms with Gasteiger partial charge in [0.2, 0.25) is 5.91 Å². The summed E-state index contributed by atoms with van der Waals surface area (Å²) in [5.41, 5.74) is 5.28. The average molecular weight is 296 g/mol. The first-order chi connectivity index (χ1) is 9.60. The standard InChI is InChI=1S/C15H21FN2O3/c1-15(2,3)8-9(17)7-12(19)18-11-6-4-5-10(16)13(11)14(20)21/h4-6,9H,7-8,17H2,1-3H3,(H,18,19)(H,20,21). The summed E-state index contributed by atoms with van der Waals surface area (Å²) in [6, 6.07) is 3.38. The third-order valence-electron chi connectivity index (χ3n) is 2.82. The number of amides is 1. The van der Waals surface area contributed by atoms with E-state index in [1.165, 1.54) is 12.1 Å². The number of nitrogens with one attached hydrogen (secondary N) is 1. The van der Waals surface area contributed by atoms with Crippen LogP contribution in [0, 0.1) is 11.2 Å². The van der Waals surface area contributed by atoms with E-state index in [-0.39, 0.29) is 23.6 Å². The maximum Gasteiger partial charge on any atom is 0.340 e. The first-order valence-corrected chi connectivity index (χ1v) is 6.67. The first-order valence-electron chi connectivity index (χ1n) is 6.67. The number of carbonyl (C=O) groups excluding carboxylic acids is 1. The molecule has 1 aromatic rings. The number of hydrogen-bond acceptors (Lipinski definition) is 3. The van der Waals surface area contributed by atoms with E-state index in [1.807, 2.05) is 20.8 Å². The van der Waals surface area contributed by atoms with Crippen LogP contribution in [0.15, 0.2) is 18.2 Å². The summed E-state index contributed by atoms with van der Waals surface area (Å²) in [6.07, 6.45) is 0.697. The van der Waals surface area contributed by atoms with Gasteiger partial charge in [-0.3, -0.25) is 4.79 Å². The molecule has 0 aliphatic heterocycles. The number of benzene rings is 1. The Morgan fingerprint density at radius 1 is 1.38 bits per heavy atom. The normalized spacial score (nSPS) is 12.8. The summed E-state index contributed by atoms with van der Waals surface area (Å²) in [4.78, 5) is 22.9. The lowest BCUT2D eigenvalue weighted by atomic mass is 9.87. The van der Waals surface area contributed by atoms with Gasteiger partial charge in [0.05, 0.1) is 5.69 Å². The van der Waals surface area contributed by atoms with Gasteiger partial charge in [0, 0.05) is 12.5 Å². The zero-order chi connectivity index (χ0) is 16.2. The molecule has 0 aromatic heterocycles. The lowest BCUT2D eigenvalue weighted by molar-refractivity contribution is -0.116. The fraction of sp³-hybridized carbons (Fsp3) is 0.467. The van der Waals surface area contributed by atoms with Crippen molar-refractivity contribution in [3.63, 3.8) is 0 Å². The molecule has 1 aromatic carbocycles. The number of rotatable bonds is 5. The zero-order valence-corrected chi connectivity index (χ0v) is 12.4. The Bertz CT molecular complexity index is 538. The van der Waals surface area contributed by atoms with E-state index in [9.17, 15) is 14.0 Å². The maximum absolute atomic E-state index is 13.5. The Kier molecular flexibility index (Phi) is 5.43. The van der Waals surface area contributed by atoms with Crippen molar-refractivity contribution in [2.45, 2.75) is 39.7 Å². The largest absolute Gasteiger partial charge is 0.478 e. The molecular weight excluding hydrogens is 275 g/mol. The van der Waals surface area contributed by atoms with E-state index in [2.05, 4.69) is 5.32 Å². The van der Waals surface area contributed by atoms with Crippen molar-refractivity contribution in [3.05, 3.63) is 29.6 Å². The monoisotopic (exact) mass is 296 g/mol. The van der Waals surface area contributed by atoms with Crippen LogP contribution in [0.25, 0.3) is 0 Å². The van der Waals surface area contributed by atoms with Crippen LogP contribution in [-0.2, 0) is 4.79 Å². The Morgan fingerprint density at radius 3 is 2.52 bits per heavy atom. The van der Waals surface area contributed by atoms with Crippen LogP contribution in [0.2, 0.25) is 0 Å². The summed E-state index contributed by atoms with van der Waals surface area (Å²) in [6.45, 7) is 6.04. The minimum Gasteiger partial charge on any atom is -0.478 e. The van der Waals surface area contributed by atoms with Crippen molar-refractivity contribution in [1.29, 1.82) is 0 Å². The predicted molar refractivity (Wildman–Crippen MR) is 78.7 cm³/mol. The van der Waals surface area contributed by atoms with Crippen LogP contribution in [0.4, 0.5) is 10.1 Å². The minimum absolute atomic E-state index is 0.00915. The van der Waals surface area contributed by atoms with Gasteiger partial charge < -0.3 is 16.2 Å². The van der Waals surface area contributed by atoms with E-state index in [1.54, 1.807) is 0 Å². The number of carboxylic acid groups (broad SMARTS) is 1. The van der Waals surface area contributed by atoms with Gasteiger partial charge in [-0.25, -0.2) is 9.18 Å². The molecule has 1 atom stereocenters. The number of aromatic carboxylic acids is 1. The highest BCUT2D eigenvalue weighted by molar-refractivity contribution is 6.00. The number of anilines is 1. The van der Waals surface area contributed by atoms with E-state index >= 15 is 0 Å². The molecule has 0 aliphatic rings. The van der Waals surface area contributed by atoms with Gasteiger partial charge >= 0.3 is 5.97 Å². The smallest absolute Gasteiger partial charge is 0.340 e. The molecule has 1 unspecified atom stereocenters. The summed E-state index contributed by atoms with van der Waals surface area (Å²) < 4.78 is 13.5. The fourth-order valence-corrected chi connectivity index (χ4v) is 2.14. The third kappa shape index (κ3) is 5.51. The molecule has 0 heterocycles. The van der Waals surface area contributed by atoms with Gasteiger partial charge in [0.25, 0.3) is 0 Å². The predicted octanol–water partition coefficient (Wildman–Crippen LogP) is 2.62. The Hall–Kier alpha value is -1.95. The van der Waals surface area contributed by atoms with E-state index in [0.29, 0.717) is 6.42 Å². The Balaban J connectivity index is 2.76. The zero-order valence-electron chi connectivity index (χ0n) is 12.4. The Labute approximate surface area is 123 Å². The molecule has 0 aliphatic carbocycles. The SMILES string of the molecule is CC(C)(C)CC(N)CC(=O)Nc1cccc(F)c1C(=O)O. The molecule has 0 fully saturated rings. The van der Waals surface area contributed by atoms with Crippen molar-refractivity contribution < 1.29 is 19.1 Å². The van der Waals surface area contributed by atoms with Gasteiger partial charge in [-0.05, 0) is 24.0 Å². The van der Waals surface area contributed by atoms with Crippen LogP contribution in [0.5, 0.6) is 0 Å². The van der Waals surface area contributed by atoms with Crippen LogP contribution in [0.3, 0.4) is 0 Å². The molecule has 0 radical (unpaired) electrons. The molecule has 4 N–H and O–H groups in total. The number of nitrogens with two attached hydrogens (primary N) is 1. The average Bonchev–Trinajstić information content (AvgIpc) is 2.24. The second kappa shape index (κ2) is 6.67. The van der Waals surface area contributed by atoms with Crippen LogP contribution >= 0.6 is 0 Å². The molecule has 5 nitrogen and oxygen atoms in total. The van der Waals surface area contributed by atoms with Gasteiger partial charge in [0.15, 0.2) is 0 Å². The second-order valence-electron chi connectivity index (χ2n) is 6.24. The minimum atomic E-state index is -1.43. The van der Waals surface area contributed by atoms with Crippen LogP contribution in [0.1, 0.15) is 44.0 Å². The second-order valence-corrected chi connectivity index (χ2v) is 6.24. The van der Waals surface area contributed by atoms with Gasteiger partial charge in [-0.2, -0.15) is 0 Å². The number of carbonyl (C=O) groups is 2. The molecule has 1 amide bonds. The lowest BCUT2D eigenvalue weighted by Gasteiger charge is -2.22. The molecule has 1 rings (SSSR count). The van der Waals surface area contributed by atoms with Gasteiger partial charge in [0.1, 0.15) is 11.4 Å². The molecule has 0 saturated carbocycles. The van der Waals surface area contributed by atoms with Crippen molar-refractivity contribution in [2.75, 3.05) is 5.32 Å². The summed E-state index contributed by atoms with van der Waals surface area (Å²) in [5.74, 6) is -2.75. The molecule has 21 heavy (non-hydrogen) atoms. The number of carboxylic acids is 1. The quantitative estimate of drug-likeness (QED) is 0.778. The summed E-state index contributed by atoms with van der Waals surface area (Å²) in [7, 11) is 0. The molecule has 6 heteroatoms. The van der Waals surface area contributed by atoms with Crippen molar-refractivity contribution in [1.82, 2.24) is 0 Å². The highest BCUT2D eigenvalue weighted by Gasteiger charge is 2.20. The highest BCUT2D eigenvalue weighted by atomic mass is 19.1. The van der Waals surface area contributed by atoms with Crippen molar-refractivity contribution in [2.24, 2.45) is 11.1 Å². The molecule has 116 valence electrons. The molecular formula is C15H21FN2O3.